The zero-order chi connectivity index (χ0) is 25.9. The number of hydrogen-bond donors (Lipinski definition) is 2. The first kappa shape index (κ1) is 24.3. The predicted octanol–water partition coefficient (Wildman–Crippen LogP) is 4.92. The first-order valence-corrected chi connectivity index (χ1v) is 10.6. The Hall–Kier alpha value is -4.78. The van der Waals surface area contributed by atoms with Crippen LogP contribution in [0.1, 0.15) is 27.0 Å². The van der Waals surface area contributed by atoms with E-state index in [1.807, 2.05) is 26.2 Å². The van der Waals surface area contributed by atoms with E-state index < -0.39 is 12.3 Å². The number of aryl methyl sites for hydroxylation is 2. The van der Waals surface area contributed by atoms with Gasteiger partial charge in [-0.1, -0.05) is 17.9 Å². The molecule has 0 saturated carbocycles. The number of alkyl halides is 3. The maximum Gasteiger partial charge on any atom is 0.573 e. The summed E-state index contributed by atoms with van der Waals surface area (Å²) in [6, 6.07) is 11.7. The first-order valence-electron chi connectivity index (χ1n) is 10.6. The van der Waals surface area contributed by atoms with Crippen LogP contribution in [0.15, 0.2) is 67.1 Å². The van der Waals surface area contributed by atoms with Gasteiger partial charge in [-0.25, -0.2) is 4.98 Å². The first-order chi connectivity index (χ1) is 17.1. The van der Waals surface area contributed by atoms with Gasteiger partial charge in [-0.15, -0.1) is 13.2 Å². The van der Waals surface area contributed by atoms with Gasteiger partial charge in [-0.3, -0.25) is 9.48 Å². The van der Waals surface area contributed by atoms with E-state index in [4.69, 9.17) is 5.73 Å². The monoisotopic (exact) mass is 491 g/mol. The van der Waals surface area contributed by atoms with Crippen LogP contribution in [0.5, 0.6) is 5.75 Å². The van der Waals surface area contributed by atoms with Gasteiger partial charge in [0.05, 0.1) is 11.8 Å². The number of carbonyl (C=O) groups excluding carboxylic acids is 1. The zero-order valence-corrected chi connectivity index (χ0v) is 19.2. The Morgan fingerprint density at radius 1 is 1.03 bits per heavy atom. The third-order valence-electron chi connectivity index (χ3n) is 5.13. The van der Waals surface area contributed by atoms with Gasteiger partial charge in [0.1, 0.15) is 11.6 Å². The number of carbonyl (C=O) groups is 1. The Morgan fingerprint density at radius 3 is 2.42 bits per heavy atom. The Kier molecular flexibility index (Phi) is 6.65. The molecule has 0 atom stereocenters. The molecule has 0 aliphatic rings. The van der Waals surface area contributed by atoms with Crippen LogP contribution in [0.2, 0.25) is 0 Å². The lowest BCUT2D eigenvalue weighted by molar-refractivity contribution is -0.274. The van der Waals surface area contributed by atoms with E-state index in [1.165, 1.54) is 12.1 Å². The Labute approximate surface area is 204 Å². The molecule has 0 unspecified atom stereocenters. The predicted molar refractivity (Wildman–Crippen MR) is 129 cm³/mol. The summed E-state index contributed by atoms with van der Waals surface area (Å²) in [5, 5.41) is 6.80. The number of amides is 1. The van der Waals surface area contributed by atoms with Crippen molar-refractivity contribution in [1.82, 2.24) is 14.8 Å². The fourth-order valence-corrected chi connectivity index (χ4v) is 3.28. The van der Waals surface area contributed by atoms with Crippen molar-refractivity contribution >= 4 is 17.4 Å². The lowest BCUT2D eigenvalue weighted by Gasteiger charge is -2.10. The molecule has 7 nitrogen and oxygen atoms in total. The summed E-state index contributed by atoms with van der Waals surface area (Å²) in [6.45, 7) is 1.86. The molecule has 0 bridgehead atoms. The highest BCUT2D eigenvalue weighted by Gasteiger charge is 2.31. The molecule has 0 spiro atoms. The minimum absolute atomic E-state index is 0.277. The van der Waals surface area contributed by atoms with Crippen LogP contribution < -0.4 is 15.8 Å². The molecule has 0 saturated heterocycles. The van der Waals surface area contributed by atoms with Crippen LogP contribution in [0.25, 0.3) is 11.1 Å². The fraction of sp³-hybridized carbons (Fsp3) is 0.115. The second kappa shape index (κ2) is 9.84. The number of nitrogens with two attached hydrogens (primary N) is 1. The lowest BCUT2D eigenvalue weighted by Crippen LogP contribution is -2.17. The number of rotatable bonds is 4. The Bertz CT molecular complexity index is 1480. The zero-order valence-electron chi connectivity index (χ0n) is 19.2. The summed E-state index contributed by atoms with van der Waals surface area (Å²) in [4.78, 5) is 16.9. The van der Waals surface area contributed by atoms with E-state index in [2.05, 4.69) is 32.0 Å². The van der Waals surface area contributed by atoms with Crippen molar-refractivity contribution in [2.24, 2.45) is 7.05 Å². The number of nitrogens with one attached hydrogen (secondary N) is 1. The minimum Gasteiger partial charge on any atom is -0.406 e. The summed E-state index contributed by atoms with van der Waals surface area (Å²) < 4.78 is 42.5. The molecule has 0 aliphatic carbocycles. The molecular weight excluding hydrogens is 471 g/mol. The molecule has 0 aliphatic heterocycles. The molecule has 10 heteroatoms. The molecule has 36 heavy (non-hydrogen) atoms. The van der Waals surface area contributed by atoms with Crippen LogP contribution in [0, 0.1) is 18.8 Å². The highest BCUT2D eigenvalue weighted by molar-refractivity contribution is 6.04. The molecule has 4 aromatic rings. The van der Waals surface area contributed by atoms with Crippen molar-refractivity contribution in [3.8, 4) is 28.7 Å². The maximum absolute atomic E-state index is 12.7. The quantitative estimate of drug-likeness (QED) is 0.395. The fourth-order valence-electron chi connectivity index (χ4n) is 3.28. The van der Waals surface area contributed by atoms with Crippen molar-refractivity contribution in [3.63, 3.8) is 0 Å². The third-order valence-corrected chi connectivity index (χ3v) is 5.13. The molecule has 182 valence electrons. The van der Waals surface area contributed by atoms with Crippen molar-refractivity contribution < 1.29 is 22.7 Å². The minimum atomic E-state index is -4.79. The van der Waals surface area contributed by atoms with Crippen molar-refractivity contribution in [1.29, 1.82) is 0 Å². The largest absolute Gasteiger partial charge is 0.573 e. The number of aromatic nitrogens is 3. The van der Waals surface area contributed by atoms with Crippen molar-refractivity contribution in [2.75, 3.05) is 11.1 Å². The van der Waals surface area contributed by atoms with Gasteiger partial charge in [-0.05, 0) is 55.0 Å². The topological polar surface area (TPSA) is 95.1 Å². The summed E-state index contributed by atoms with van der Waals surface area (Å²) in [7, 11) is 1.82. The summed E-state index contributed by atoms with van der Waals surface area (Å²) in [5.74, 6) is 5.53. The van der Waals surface area contributed by atoms with Gasteiger partial charge < -0.3 is 15.8 Å². The summed E-state index contributed by atoms with van der Waals surface area (Å²) >= 11 is 0. The number of pyridine rings is 1. The van der Waals surface area contributed by atoms with E-state index in [-0.39, 0.29) is 11.6 Å². The molecule has 1 amide bonds. The van der Waals surface area contributed by atoms with Crippen LogP contribution >= 0.6 is 0 Å². The number of benzene rings is 2. The smallest absolute Gasteiger partial charge is 0.406 e. The molecule has 0 fully saturated rings. The van der Waals surface area contributed by atoms with Gasteiger partial charge in [0.15, 0.2) is 0 Å². The molecule has 4 rings (SSSR count). The van der Waals surface area contributed by atoms with Gasteiger partial charge in [-0.2, -0.15) is 5.10 Å². The third kappa shape index (κ3) is 6.01. The maximum atomic E-state index is 12.7. The number of hydrogen-bond acceptors (Lipinski definition) is 5. The number of halogens is 3. The van der Waals surface area contributed by atoms with Gasteiger partial charge in [0.2, 0.25) is 0 Å². The standard InChI is InChI=1S/C26H20F3N5O2/c1-16-3-4-19(25(35)33-22-7-9-23(10-8-22)36-26(27,28)29)11-17(16)5-6-18-12-20(13-31-24(18)30)21-14-32-34(2)15-21/h3-4,7-15H,1-2H3,(H2,30,31)(H,33,35). The Balaban J connectivity index is 1.53. The van der Waals surface area contributed by atoms with Crippen molar-refractivity contribution in [3.05, 3.63) is 89.4 Å². The number of nitrogen functional groups attached to an aromatic ring is 1. The van der Waals surface area contributed by atoms with Crippen LogP contribution in [-0.4, -0.2) is 27.0 Å². The van der Waals surface area contributed by atoms with Gasteiger partial charge >= 0.3 is 6.36 Å². The van der Waals surface area contributed by atoms with Crippen LogP contribution in [-0.2, 0) is 7.05 Å². The highest BCUT2D eigenvalue weighted by atomic mass is 19.4. The SMILES string of the molecule is Cc1ccc(C(=O)Nc2ccc(OC(F)(F)F)cc2)cc1C#Cc1cc(-c2cnn(C)c2)cnc1N. The number of anilines is 2. The molecule has 2 aromatic heterocycles. The van der Waals surface area contributed by atoms with Crippen molar-refractivity contribution in [2.45, 2.75) is 13.3 Å². The van der Waals surface area contributed by atoms with Gasteiger partial charge in [0.25, 0.3) is 5.91 Å². The van der Waals surface area contributed by atoms with Crippen LogP contribution in [0.4, 0.5) is 24.7 Å². The summed E-state index contributed by atoms with van der Waals surface area (Å²) in [5.41, 5.74) is 10.3. The lowest BCUT2D eigenvalue weighted by atomic mass is 10.0. The molecule has 2 heterocycles. The van der Waals surface area contributed by atoms with Gasteiger partial charge in [0, 0.05) is 47.4 Å². The number of ether oxygens (including phenoxy) is 1. The average molecular weight is 491 g/mol. The Morgan fingerprint density at radius 2 is 1.75 bits per heavy atom. The molecule has 2 aromatic carbocycles. The van der Waals surface area contributed by atoms with Crippen LogP contribution in [0.3, 0.4) is 0 Å². The molecule has 3 N–H and O–H groups in total. The van der Waals surface area contributed by atoms with E-state index in [0.29, 0.717) is 22.4 Å². The second-order valence-corrected chi connectivity index (χ2v) is 7.87. The average Bonchev–Trinajstić information content (AvgIpc) is 3.26. The second-order valence-electron chi connectivity index (χ2n) is 7.87. The number of nitrogens with zero attached hydrogens (tertiary/aromatic N) is 3. The molecular formula is C26H20F3N5O2. The van der Waals surface area contributed by atoms with E-state index in [1.54, 1.807) is 35.3 Å². The van der Waals surface area contributed by atoms with E-state index in [9.17, 15) is 18.0 Å². The molecule has 0 radical (unpaired) electrons. The summed E-state index contributed by atoms with van der Waals surface area (Å²) in [6.07, 6.45) is 0.432. The van der Waals surface area contributed by atoms with E-state index >= 15 is 0 Å². The normalized spacial score (nSPS) is 10.9. The highest BCUT2D eigenvalue weighted by Crippen LogP contribution is 2.24. The van der Waals surface area contributed by atoms with E-state index in [0.717, 1.165) is 28.8 Å².